The van der Waals surface area contributed by atoms with Crippen LogP contribution in [-0.2, 0) is 0 Å². The molecular weight excluding hydrogens is 164 g/mol. The maximum absolute atomic E-state index is 5.10. The molecule has 0 saturated carbocycles. The van der Waals surface area contributed by atoms with E-state index in [1.54, 1.807) is 13.2 Å². The second kappa shape index (κ2) is 4.03. The van der Waals surface area contributed by atoms with Gasteiger partial charge in [-0.2, -0.15) is 0 Å². The molecule has 1 heterocycles. The zero-order valence-corrected chi connectivity index (χ0v) is 8.24. The summed E-state index contributed by atoms with van der Waals surface area (Å²) >= 11 is 0. The van der Waals surface area contributed by atoms with E-state index in [9.17, 15) is 0 Å². The molecule has 1 rings (SSSR count). The number of rotatable bonds is 3. The smallest absolute Gasteiger partial charge is 0.236 e. The van der Waals surface area contributed by atoms with Gasteiger partial charge in [0.15, 0.2) is 0 Å². The van der Waals surface area contributed by atoms with Crippen LogP contribution in [0.4, 0.5) is 0 Å². The normalized spacial score (nSPS) is 10.2. The van der Waals surface area contributed by atoms with Crippen LogP contribution in [0.2, 0.25) is 0 Å². The third-order valence-electron chi connectivity index (χ3n) is 1.83. The van der Waals surface area contributed by atoms with E-state index in [1.165, 1.54) is 0 Å². The van der Waals surface area contributed by atoms with Gasteiger partial charge in [0.25, 0.3) is 0 Å². The fraction of sp³-hybridized carbons (Fsp3) is 0.400. The minimum absolute atomic E-state index is 0.379. The van der Waals surface area contributed by atoms with Crippen molar-refractivity contribution in [2.75, 3.05) is 7.11 Å². The predicted octanol–water partition coefficient (Wildman–Crippen LogP) is 2.25. The van der Waals surface area contributed by atoms with Crippen molar-refractivity contribution in [3.8, 4) is 5.88 Å². The zero-order valence-electron chi connectivity index (χ0n) is 8.24. The lowest BCUT2D eigenvalue weighted by molar-refractivity contribution is 0.384. The molecular formula is C10H14N2O. The molecule has 0 amide bonds. The number of hydrogen-bond acceptors (Lipinski definition) is 3. The van der Waals surface area contributed by atoms with Crippen LogP contribution < -0.4 is 4.74 Å². The lowest BCUT2D eigenvalue weighted by Gasteiger charge is -2.09. The average molecular weight is 178 g/mol. The summed E-state index contributed by atoms with van der Waals surface area (Å²) in [5.41, 5.74) is 1.84. The summed E-state index contributed by atoms with van der Waals surface area (Å²) in [6.45, 7) is 7.82. The molecule has 0 aliphatic rings. The Kier molecular flexibility index (Phi) is 3.01. The lowest BCUT2D eigenvalue weighted by atomic mass is 10.0. The Bertz CT molecular complexity index is 308. The van der Waals surface area contributed by atoms with Gasteiger partial charge < -0.3 is 4.74 Å². The summed E-state index contributed by atoms with van der Waals surface area (Å²) in [6.07, 6.45) is 1.68. The van der Waals surface area contributed by atoms with Crippen molar-refractivity contribution in [1.29, 1.82) is 0 Å². The highest BCUT2D eigenvalue weighted by atomic mass is 16.5. The largest absolute Gasteiger partial charge is 0.480 e. The summed E-state index contributed by atoms with van der Waals surface area (Å²) in [6, 6.07) is 1.95. The van der Waals surface area contributed by atoms with Gasteiger partial charge in [-0.3, -0.25) is 0 Å². The molecule has 3 nitrogen and oxygen atoms in total. The Morgan fingerprint density at radius 2 is 2.15 bits per heavy atom. The van der Waals surface area contributed by atoms with Gasteiger partial charge in [-0.1, -0.05) is 20.4 Å². The van der Waals surface area contributed by atoms with Crippen LogP contribution in [0.5, 0.6) is 5.88 Å². The highest BCUT2D eigenvalue weighted by Gasteiger charge is 2.09. The molecule has 0 aromatic carbocycles. The third-order valence-corrected chi connectivity index (χ3v) is 1.83. The van der Waals surface area contributed by atoms with E-state index in [4.69, 9.17) is 4.74 Å². The van der Waals surface area contributed by atoms with Crippen molar-refractivity contribution in [2.45, 2.75) is 19.8 Å². The number of hydrogen-bond donors (Lipinski definition) is 0. The van der Waals surface area contributed by atoms with Crippen LogP contribution in [0.15, 0.2) is 12.6 Å². The third kappa shape index (κ3) is 2.05. The van der Waals surface area contributed by atoms with Crippen LogP contribution >= 0.6 is 0 Å². The summed E-state index contributed by atoms with van der Waals surface area (Å²) in [7, 11) is 1.60. The molecule has 0 aliphatic heterocycles. The number of methoxy groups -OCH3 is 1. The van der Waals surface area contributed by atoms with Crippen LogP contribution in [0, 0.1) is 0 Å². The van der Waals surface area contributed by atoms with Gasteiger partial charge in [-0.25, -0.2) is 0 Å². The van der Waals surface area contributed by atoms with E-state index < -0.39 is 0 Å². The number of aromatic nitrogens is 2. The van der Waals surface area contributed by atoms with Gasteiger partial charge in [-0.05, 0) is 18.1 Å². The summed E-state index contributed by atoms with van der Waals surface area (Å²) in [5, 5.41) is 7.86. The van der Waals surface area contributed by atoms with Crippen molar-refractivity contribution in [2.24, 2.45) is 0 Å². The van der Waals surface area contributed by atoms with E-state index in [-0.39, 0.29) is 0 Å². The Hall–Kier alpha value is -1.38. The second-order valence-corrected chi connectivity index (χ2v) is 3.09. The van der Waals surface area contributed by atoms with Crippen molar-refractivity contribution in [1.82, 2.24) is 10.2 Å². The van der Waals surface area contributed by atoms with E-state index in [0.717, 1.165) is 11.3 Å². The van der Waals surface area contributed by atoms with Crippen molar-refractivity contribution < 1.29 is 4.74 Å². The Morgan fingerprint density at radius 1 is 1.46 bits per heavy atom. The van der Waals surface area contributed by atoms with Gasteiger partial charge in [-0.15, -0.1) is 10.2 Å². The molecule has 0 fully saturated rings. The standard InChI is InChI=1S/C10H14N2O/c1-5-8-6-9(7(2)3)10(13-4)12-11-8/h5-7H,1H2,2-4H3. The molecule has 0 N–H and O–H groups in total. The van der Waals surface area contributed by atoms with Gasteiger partial charge in [0.2, 0.25) is 5.88 Å². The predicted molar refractivity (Wildman–Crippen MR) is 52.8 cm³/mol. The van der Waals surface area contributed by atoms with E-state index in [1.807, 2.05) is 6.07 Å². The number of ether oxygens (including phenoxy) is 1. The highest BCUT2D eigenvalue weighted by Crippen LogP contribution is 2.23. The minimum Gasteiger partial charge on any atom is -0.480 e. The molecule has 0 bridgehead atoms. The number of nitrogens with zero attached hydrogens (tertiary/aromatic N) is 2. The van der Waals surface area contributed by atoms with Crippen LogP contribution in [0.25, 0.3) is 6.08 Å². The van der Waals surface area contributed by atoms with Crippen LogP contribution in [0.1, 0.15) is 31.0 Å². The van der Waals surface area contributed by atoms with Crippen molar-refractivity contribution in [3.05, 3.63) is 23.9 Å². The second-order valence-electron chi connectivity index (χ2n) is 3.09. The summed E-state index contributed by atoms with van der Waals surface area (Å²) in [5.74, 6) is 0.977. The maximum Gasteiger partial charge on any atom is 0.236 e. The topological polar surface area (TPSA) is 35.0 Å². The first-order valence-corrected chi connectivity index (χ1v) is 4.23. The molecule has 0 spiro atoms. The van der Waals surface area contributed by atoms with Gasteiger partial charge in [0.1, 0.15) is 0 Å². The van der Waals surface area contributed by atoms with Crippen LogP contribution in [-0.4, -0.2) is 17.3 Å². The zero-order chi connectivity index (χ0) is 9.84. The van der Waals surface area contributed by atoms with Gasteiger partial charge in [0, 0.05) is 5.56 Å². The first-order valence-electron chi connectivity index (χ1n) is 4.23. The van der Waals surface area contributed by atoms with E-state index in [0.29, 0.717) is 11.8 Å². The molecule has 70 valence electrons. The fourth-order valence-corrected chi connectivity index (χ4v) is 1.08. The Labute approximate surface area is 78.5 Å². The molecule has 13 heavy (non-hydrogen) atoms. The van der Waals surface area contributed by atoms with Crippen LogP contribution in [0.3, 0.4) is 0 Å². The van der Waals surface area contributed by atoms with E-state index in [2.05, 4.69) is 30.6 Å². The maximum atomic E-state index is 5.10. The molecule has 0 saturated heterocycles. The molecule has 0 aliphatic carbocycles. The Morgan fingerprint density at radius 3 is 2.62 bits per heavy atom. The Balaban J connectivity index is 3.17. The molecule has 3 heteroatoms. The summed E-state index contributed by atoms with van der Waals surface area (Å²) < 4.78 is 5.10. The first-order chi connectivity index (χ1) is 6.19. The summed E-state index contributed by atoms with van der Waals surface area (Å²) in [4.78, 5) is 0. The highest BCUT2D eigenvalue weighted by molar-refractivity contribution is 5.44. The molecule has 0 atom stereocenters. The minimum atomic E-state index is 0.379. The first kappa shape index (κ1) is 9.71. The van der Waals surface area contributed by atoms with Crippen molar-refractivity contribution in [3.63, 3.8) is 0 Å². The van der Waals surface area contributed by atoms with Gasteiger partial charge in [0.05, 0.1) is 12.8 Å². The lowest BCUT2D eigenvalue weighted by Crippen LogP contribution is -2.00. The molecule has 0 radical (unpaired) electrons. The monoisotopic (exact) mass is 178 g/mol. The SMILES string of the molecule is C=Cc1cc(C(C)C)c(OC)nn1. The van der Waals surface area contributed by atoms with E-state index >= 15 is 0 Å². The quantitative estimate of drug-likeness (QED) is 0.712. The van der Waals surface area contributed by atoms with Gasteiger partial charge >= 0.3 is 0 Å². The molecule has 0 unspecified atom stereocenters. The van der Waals surface area contributed by atoms with Crippen molar-refractivity contribution >= 4 is 6.08 Å². The fourth-order valence-electron chi connectivity index (χ4n) is 1.08. The molecule has 1 aromatic rings. The average Bonchev–Trinajstić information content (AvgIpc) is 2.16. The molecule has 1 aromatic heterocycles.